The summed E-state index contributed by atoms with van der Waals surface area (Å²) in [4.78, 5) is 11.7. The van der Waals surface area contributed by atoms with Gasteiger partial charge in [-0.05, 0) is 42.0 Å². The number of nitrogens with two attached hydrogens (primary N) is 1. The van der Waals surface area contributed by atoms with E-state index >= 15 is 0 Å². The topological polar surface area (TPSA) is 73.6 Å². The Morgan fingerprint density at radius 1 is 1.14 bits per heavy atom. The number of hydrogen-bond acceptors (Lipinski definition) is 4. The Kier molecular flexibility index (Phi) is 3.35. The van der Waals surface area contributed by atoms with Crippen LogP contribution >= 0.6 is 0 Å². The molecule has 1 unspecified atom stereocenters. The maximum atomic E-state index is 12.9. The van der Waals surface area contributed by atoms with Crippen LogP contribution in [0.15, 0.2) is 42.5 Å². The summed E-state index contributed by atoms with van der Waals surface area (Å²) in [6.07, 6.45) is 0. The van der Waals surface area contributed by atoms with E-state index in [-0.39, 0.29) is 12.6 Å². The van der Waals surface area contributed by atoms with E-state index in [1.165, 1.54) is 24.3 Å². The Morgan fingerprint density at radius 3 is 2.57 bits per heavy atom. The largest absolute Gasteiger partial charge is 0.454 e. The Labute approximate surface area is 120 Å². The van der Waals surface area contributed by atoms with Crippen molar-refractivity contribution < 1.29 is 18.7 Å². The smallest absolute Gasteiger partial charge is 0.244 e. The molecule has 0 saturated carbocycles. The zero-order valence-corrected chi connectivity index (χ0v) is 11.0. The minimum Gasteiger partial charge on any atom is -0.454 e. The lowest BCUT2D eigenvalue weighted by Gasteiger charge is -2.17. The number of anilines is 1. The number of hydrogen-bond donors (Lipinski definition) is 2. The molecule has 2 aromatic carbocycles. The highest BCUT2D eigenvalue weighted by Crippen LogP contribution is 2.34. The van der Waals surface area contributed by atoms with Crippen molar-refractivity contribution in [3.63, 3.8) is 0 Å². The van der Waals surface area contributed by atoms with Crippen LogP contribution in [0.4, 0.5) is 10.1 Å². The Hall–Kier alpha value is -2.76. The zero-order chi connectivity index (χ0) is 14.8. The van der Waals surface area contributed by atoms with Crippen molar-refractivity contribution in [3.8, 4) is 11.5 Å². The lowest BCUT2D eigenvalue weighted by molar-refractivity contribution is -0.118. The molecule has 1 aliphatic rings. The molecule has 0 bridgehead atoms. The monoisotopic (exact) mass is 288 g/mol. The van der Waals surface area contributed by atoms with Gasteiger partial charge in [0.25, 0.3) is 0 Å². The summed E-state index contributed by atoms with van der Waals surface area (Å²) in [5.41, 5.74) is 6.69. The van der Waals surface area contributed by atoms with Crippen molar-refractivity contribution in [2.45, 2.75) is 6.04 Å². The highest BCUT2D eigenvalue weighted by molar-refractivity contribution is 5.84. The van der Waals surface area contributed by atoms with Crippen molar-refractivity contribution in [1.29, 1.82) is 0 Å². The van der Waals surface area contributed by atoms with Gasteiger partial charge in [0.1, 0.15) is 11.9 Å². The van der Waals surface area contributed by atoms with Crippen molar-refractivity contribution in [1.82, 2.24) is 0 Å². The fourth-order valence-electron chi connectivity index (χ4n) is 2.12. The molecule has 2 aromatic rings. The number of fused-ring (bicyclic) bond motifs is 1. The molecule has 1 atom stereocenters. The van der Waals surface area contributed by atoms with Gasteiger partial charge in [0.2, 0.25) is 12.7 Å². The third kappa shape index (κ3) is 2.74. The molecule has 5 nitrogen and oxygen atoms in total. The molecule has 1 heterocycles. The molecule has 1 aliphatic heterocycles. The number of carbonyl (C=O) groups is 1. The second kappa shape index (κ2) is 5.32. The maximum Gasteiger partial charge on any atom is 0.244 e. The fraction of sp³-hybridized carbons (Fsp3) is 0.133. The normalized spacial score (nSPS) is 13.8. The van der Waals surface area contributed by atoms with Gasteiger partial charge in [-0.3, -0.25) is 4.79 Å². The minimum atomic E-state index is -0.745. The van der Waals surface area contributed by atoms with E-state index in [4.69, 9.17) is 15.2 Å². The molecule has 1 amide bonds. The Bertz CT molecular complexity index is 673. The first-order chi connectivity index (χ1) is 10.1. The van der Waals surface area contributed by atoms with E-state index in [0.29, 0.717) is 22.7 Å². The van der Waals surface area contributed by atoms with Gasteiger partial charge in [0, 0.05) is 5.69 Å². The van der Waals surface area contributed by atoms with Crippen LogP contribution in [-0.2, 0) is 4.79 Å². The van der Waals surface area contributed by atoms with Gasteiger partial charge in [-0.1, -0.05) is 6.07 Å². The van der Waals surface area contributed by atoms with Gasteiger partial charge < -0.3 is 20.5 Å². The number of benzene rings is 2. The summed E-state index contributed by atoms with van der Waals surface area (Å²) in [5.74, 6) is 0.306. The lowest BCUT2D eigenvalue weighted by atomic mass is 10.1. The van der Waals surface area contributed by atoms with Crippen LogP contribution in [0.1, 0.15) is 11.6 Å². The van der Waals surface area contributed by atoms with E-state index in [9.17, 15) is 9.18 Å². The van der Waals surface area contributed by atoms with Crippen molar-refractivity contribution in [3.05, 3.63) is 53.8 Å². The SMILES string of the molecule is NC(=O)C(Nc1ccc(F)cc1)c1ccc2c(c1)OCO2. The second-order valence-corrected chi connectivity index (χ2v) is 4.60. The van der Waals surface area contributed by atoms with E-state index in [1.807, 2.05) is 0 Å². The van der Waals surface area contributed by atoms with Crippen LogP contribution in [0.3, 0.4) is 0 Å². The fourth-order valence-corrected chi connectivity index (χ4v) is 2.12. The predicted octanol–water partition coefficient (Wildman–Crippen LogP) is 2.19. The number of ether oxygens (including phenoxy) is 2. The van der Waals surface area contributed by atoms with Gasteiger partial charge in [-0.25, -0.2) is 4.39 Å². The van der Waals surface area contributed by atoms with E-state index in [1.54, 1.807) is 18.2 Å². The summed E-state index contributed by atoms with van der Waals surface area (Å²) in [5, 5.41) is 2.98. The molecular formula is C15H13FN2O3. The van der Waals surface area contributed by atoms with E-state index in [2.05, 4.69) is 5.32 Å². The summed E-state index contributed by atoms with van der Waals surface area (Å²) >= 11 is 0. The van der Waals surface area contributed by atoms with Crippen LogP contribution in [0.25, 0.3) is 0 Å². The molecular weight excluding hydrogens is 275 g/mol. The third-order valence-corrected chi connectivity index (χ3v) is 3.17. The number of nitrogens with one attached hydrogen (secondary N) is 1. The molecule has 0 saturated heterocycles. The number of primary amides is 1. The van der Waals surface area contributed by atoms with Crippen molar-refractivity contribution >= 4 is 11.6 Å². The van der Waals surface area contributed by atoms with Gasteiger partial charge >= 0.3 is 0 Å². The predicted molar refractivity (Wildman–Crippen MR) is 74.5 cm³/mol. The first-order valence-corrected chi connectivity index (χ1v) is 6.34. The van der Waals surface area contributed by atoms with E-state index < -0.39 is 11.9 Å². The lowest BCUT2D eigenvalue weighted by Crippen LogP contribution is -2.27. The first-order valence-electron chi connectivity index (χ1n) is 6.34. The summed E-state index contributed by atoms with van der Waals surface area (Å²) in [6, 6.07) is 10.1. The second-order valence-electron chi connectivity index (χ2n) is 4.60. The van der Waals surface area contributed by atoms with Gasteiger partial charge in [-0.2, -0.15) is 0 Å². The van der Waals surface area contributed by atoms with Crippen LogP contribution in [-0.4, -0.2) is 12.7 Å². The number of amides is 1. The van der Waals surface area contributed by atoms with Gasteiger partial charge in [-0.15, -0.1) is 0 Å². The summed E-state index contributed by atoms with van der Waals surface area (Å²) in [7, 11) is 0. The molecule has 0 radical (unpaired) electrons. The molecule has 108 valence electrons. The van der Waals surface area contributed by atoms with Gasteiger partial charge in [0.05, 0.1) is 0 Å². The molecule has 3 rings (SSSR count). The molecule has 0 aromatic heterocycles. The Morgan fingerprint density at radius 2 is 1.86 bits per heavy atom. The molecule has 3 N–H and O–H groups in total. The van der Waals surface area contributed by atoms with Crippen LogP contribution < -0.4 is 20.5 Å². The summed E-state index contributed by atoms with van der Waals surface area (Å²) in [6.45, 7) is 0.158. The van der Waals surface area contributed by atoms with Crippen molar-refractivity contribution in [2.24, 2.45) is 5.73 Å². The highest BCUT2D eigenvalue weighted by atomic mass is 19.1. The Balaban J connectivity index is 1.87. The van der Waals surface area contributed by atoms with Gasteiger partial charge in [0.15, 0.2) is 11.5 Å². The van der Waals surface area contributed by atoms with Crippen LogP contribution in [0, 0.1) is 5.82 Å². The average molecular weight is 288 g/mol. The maximum absolute atomic E-state index is 12.9. The average Bonchev–Trinajstić information content (AvgIpc) is 2.93. The zero-order valence-electron chi connectivity index (χ0n) is 11.0. The van der Waals surface area contributed by atoms with Crippen molar-refractivity contribution in [2.75, 3.05) is 12.1 Å². The molecule has 0 fully saturated rings. The number of carbonyl (C=O) groups excluding carboxylic acids is 1. The molecule has 0 spiro atoms. The third-order valence-electron chi connectivity index (χ3n) is 3.17. The first kappa shape index (κ1) is 13.2. The standard InChI is InChI=1S/C15H13FN2O3/c16-10-2-4-11(5-3-10)18-14(15(17)19)9-1-6-12-13(7-9)21-8-20-12/h1-7,14,18H,8H2,(H2,17,19). The van der Waals surface area contributed by atoms with E-state index in [0.717, 1.165) is 0 Å². The van der Waals surface area contributed by atoms with Crippen LogP contribution in [0.5, 0.6) is 11.5 Å². The molecule has 6 heteroatoms. The highest BCUT2D eigenvalue weighted by Gasteiger charge is 2.21. The number of rotatable bonds is 4. The van der Waals surface area contributed by atoms with Crippen LogP contribution in [0.2, 0.25) is 0 Å². The molecule has 0 aliphatic carbocycles. The molecule has 21 heavy (non-hydrogen) atoms. The number of halogens is 1. The summed E-state index contributed by atoms with van der Waals surface area (Å²) < 4.78 is 23.4. The quantitative estimate of drug-likeness (QED) is 0.904. The minimum absolute atomic E-state index is 0.158.